The average Bonchev–Trinajstić information content (AvgIpc) is 2.78. The summed E-state index contributed by atoms with van der Waals surface area (Å²) in [5, 5.41) is 3.27. The van der Waals surface area contributed by atoms with E-state index in [1.165, 1.54) is 24.0 Å². The predicted octanol–water partition coefficient (Wildman–Crippen LogP) is 4.26. The molecular formula is C25H27N5O. The summed E-state index contributed by atoms with van der Waals surface area (Å²) in [6.07, 6.45) is 13.1. The molecule has 1 atom stereocenters. The molecule has 2 aromatic heterocycles. The van der Waals surface area contributed by atoms with Gasteiger partial charge in [0.2, 0.25) is 0 Å². The zero-order valence-electron chi connectivity index (χ0n) is 18.1. The van der Waals surface area contributed by atoms with E-state index in [1.54, 1.807) is 18.6 Å². The van der Waals surface area contributed by atoms with Crippen LogP contribution in [0.2, 0.25) is 0 Å². The van der Waals surface area contributed by atoms with E-state index in [1.807, 2.05) is 12.3 Å². The van der Waals surface area contributed by atoms with Crippen molar-refractivity contribution >= 4 is 5.91 Å². The Morgan fingerprint density at radius 2 is 1.90 bits per heavy atom. The number of aromatic nitrogens is 4. The number of fused-ring (bicyclic) bond motifs is 2. The fraction of sp³-hybridized carbons (Fsp3) is 0.400. The summed E-state index contributed by atoms with van der Waals surface area (Å²) in [4.78, 5) is 30.9. The number of nitrogens with zero attached hydrogens (tertiary/aromatic N) is 4. The molecule has 0 radical (unpaired) electrons. The highest BCUT2D eigenvalue weighted by atomic mass is 16.1. The predicted molar refractivity (Wildman–Crippen MR) is 118 cm³/mol. The minimum Gasteiger partial charge on any atom is -0.345 e. The Labute approximate surface area is 182 Å². The van der Waals surface area contributed by atoms with Gasteiger partial charge in [0.15, 0.2) is 5.82 Å². The van der Waals surface area contributed by atoms with Crippen LogP contribution in [0.15, 0.2) is 43.0 Å². The van der Waals surface area contributed by atoms with Gasteiger partial charge in [-0.15, -0.1) is 0 Å². The molecule has 5 rings (SSSR count). The third kappa shape index (κ3) is 4.07. The number of carbonyl (C=O) groups excluding carboxylic acids is 1. The molecule has 0 saturated carbocycles. The lowest BCUT2D eigenvalue weighted by molar-refractivity contribution is 0.0919. The molecule has 6 nitrogen and oxygen atoms in total. The van der Waals surface area contributed by atoms with Crippen molar-refractivity contribution in [3.05, 3.63) is 70.9 Å². The molecule has 0 spiro atoms. The van der Waals surface area contributed by atoms with E-state index in [-0.39, 0.29) is 17.4 Å². The van der Waals surface area contributed by atoms with Crippen LogP contribution >= 0.6 is 0 Å². The first-order valence-electron chi connectivity index (χ1n) is 11.0. The maximum absolute atomic E-state index is 13.1. The van der Waals surface area contributed by atoms with Gasteiger partial charge >= 0.3 is 0 Å². The number of aryl methyl sites for hydroxylation is 2. The molecule has 0 aliphatic heterocycles. The second-order valence-electron chi connectivity index (χ2n) is 9.45. The van der Waals surface area contributed by atoms with Crippen molar-refractivity contribution in [3.8, 4) is 11.5 Å². The Morgan fingerprint density at radius 1 is 1.06 bits per heavy atom. The molecule has 0 bridgehead atoms. The minimum atomic E-state index is -0.113. The third-order valence-electron chi connectivity index (χ3n) is 6.39. The summed E-state index contributed by atoms with van der Waals surface area (Å²) in [6, 6.07) is 6.05. The van der Waals surface area contributed by atoms with Gasteiger partial charge in [0.25, 0.3) is 5.91 Å². The van der Waals surface area contributed by atoms with E-state index in [0.717, 1.165) is 42.5 Å². The van der Waals surface area contributed by atoms with E-state index >= 15 is 0 Å². The number of rotatable bonds is 3. The Kier molecular flexibility index (Phi) is 5.00. The van der Waals surface area contributed by atoms with Gasteiger partial charge in [-0.1, -0.05) is 19.9 Å². The van der Waals surface area contributed by atoms with Crippen LogP contribution < -0.4 is 5.32 Å². The van der Waals surface area contributed by atoms with Crippen molar-refractivity contribution in [1.29, 1.82) is 0 Å². The van der Waals surface area contributed by atoms with Crippen LogP contribution in [0.5, 0.6) is 0 Å². The van der Waals surface area contributed by atoms with Crippen molar-refractivity contribution in [3.63, 3.8) is 0 Å². The van der Waals surface area contributed by atoms with Crippen LogP contribution in [0.1, 0.15) is 71.9 Å². The van der Waals surface area contributed by atoms with E-state index in [0.29, 0.717) is 11.5 Å². The molecule has 6 heteroatoms. The van der Waals surface area contributed by atoms with E-state index < -0.39 is 0 Å². The van der Waals surface area contributed by atoms with E-state index in [2.05, 4.69) is 46.2 Å². The molecule has 2 heterocycles. The highest BCUT2D eigenvalue weighted by molar-refractivity contribution is 5.94. The van der Waals surface area contributed by atoms with Gasteiger partial charge in [-0.05, 0) is 67.2 Å². The highest BCUT2D eigenvalue weighted by Crippen LogP contribution is 2.40. The van der Waals surface area contributed by atoms with Crippen LogP contribution in [0.3, 0.4) is 0 Å². The number of carbonyl (C=O) groups is 1. The zero-order chi connectivity index (χ0) is 21.4. The average molecular weight is 414 g/mol. The second-order valence-corrected chi connectivity index (χ2v) is 9.45. The normalized spacial score (nSPS) is 19.2. The molecule has 1 aromatic carbocycles. The molecule has 1 N–H and O–H groups in total. The first-order valence-corrected chi connectivity index (χ1v) is 11.0. The van der Waals surface area contributed by atoms with Crippen molar-refractivity contribution in [2.75, 3.05) is 0 Å². The number of hydrogen-bond donors (Lipinski definition) is 1. The summed E-state index contributed by atoms with van der Waals surface area (Å²) < 4.78 is 0. The first kappa shape index (κ1) is 19.8. The van der Waals surface area contributed by atoms with Gasteiger partial charge in [-0.3, -0.25) is 9.78 Å². The largest absolute Gasteiger partial charge is 0.345 e. The molecule has 0 saturated heterocycles. The quantitative estimate of drug-likeness (QED) is 0.694. The lowest BCUT2D eigenvalue weighted by atomic mass is 9.74. The van der Waals surface area contributed by atoms with Gasteiger partial charge in [-0.2, -0.15) is 0 Å². The molecule has 158 valence electrons. The summed E-state index contributed by atoms with van der Waals surface area (Å²) in [7, 11) is 0. The first-order chi connectivity index (χ1) is 15.0. The van der Waals surface area contributed by atoms with Crippen LogP contribution in [0, 0.1) is 5.41 Å². The Bertz CT molecular complexity index is 1130. The summed E-state index contributed by atoms with van der Waals surface area (Å²) >= 11 is 0. The summed E-state index contributed by atoms with van der Waals surface area (Å²) in [5.41, 5.74) is 6.10. The maximum Gasteiger partial charge on any atom is 0.251 e. The van der Waals surface area contributed by atoms with Gasteiger partial charge < -0.3 is 5.32 Å². The van der Waals surface area contributed by atoms with Crippen molar-refractivity contribution < 1.29 is 4.79 Å². The fourth-order valence-corrected chi connectivity index (χ4v) is 4.83. The minimum absolute atomic E-state index is 0.0226. The molecule has 2 aliphatic carbocycles. The Morgan fingerprint density at radius 3 is 2.71 bits per heavy atom. The summed E-state index contributed by atoms with van der Waals surface area (Å²) in [6.45, 7) is 4.44. The van der Waals surface area contributed by atoms with Crippen LogP contribution in [0.25, 0.3) is 11.5 Å². The summed E-state index contributed by atoms with van der Waals surface area (Å²) in [5.74, 6) is 0.546. The zero-order valence-corrected chi connectivity index (χ0v) is 18.1. The number of amides is 1. The SMILES string of the molecule is CC1(C)Cc2nc(-c3cnccn3)ncc2[C@@H](NC(=O)c2ccc3c(c2)CCCC3)C1. The van der Waals surface area contributed by atoms with Gasteiger partial charge in [0, 0.05) is 29.7 Å². The van der Waals surface area contributed by atoms with E-state index in [4.69, 9.17) is 4.98 Å². The van der Waals surface area contributed by atoms with Crippen LogP contribution in [-0.2, 0) is 19.3 Å². The lowest BCUT2D eigenvalue weighted by Gasteiger charge is -2.36. The number of benzene rings is 1. The number of nitrogens with one attached hydrogen (secondary N) is 1. The van der Waals surface area contributed by atoms with Crippen molar-refractivity contribution in [2.24, 2.45) is 5.41 Å². The number of hydrogen-bond acceptors (Lipinski definition) is 5. The monoisotopic (exact) mass is 413 g/mol. The lowest BCUT2D eigenvalue weighted by Crippen LogP contribution is -2.37. The van der Waals surface area contributed by atoms with Gasteiger partial charge in [0.05, 0.1) is 17.9 Å². The topological polar surface area (TPSA) is 80.7 Å². The maximum atomic E-state index is 13.1. The van der Waals surface area contributed by atoms with Crippen molar-refractivity contribution in [1.82, 2.24) is 25.3 Å². The fourth-order valence-electron chi connectivity index (χ4n) is 4.83. The van der Waals surface area contributed by atoms with Gasteiger partial charge in [-0.25, -0.2) is 15.0 Å². The van der Waals surface area contributed by atoms with Crippen molar-refractivity contribution in [2.45, 2.75) is 58.4 Å². The highest BCUT2D eigenvalue weighted by Gasteiger charge is 2.35. The molecule has 3 aromatic rings. The Balaban J connectivity index is 1.43. The van der Waals surface area contributed by atoms with E-state index in [9.17, 15) is 4.79 Å². The Hall–Kier alpha value is -3.15. The standard InChI is InChI=1S/C25H27N5O/c1-25(2)12-20-19(14-28-23(29-20)22-15-26-9-10-27-22)21(13-25)30-24(31)18-8-7-16-5-3-4-6-17(16)11-18/h7-11,14-15,21H,3-6,12-13H2,1-2H3,(H,30,31)/t21-/m0/s1. The smallest absolute Gasteiger partial charge is 0.251 e. The molecular weight excluding hydrogens is 386 g/mol. The van der Waals surface area contributed by atoms with Gasteiger partial charge in [0.1, 0.15) is 5.69 Å². The van der Waals surface area contributed by atoms with Crippen LogP contribution in [0.4, 0.5) is 0 Å². The van der Waals surface area contributed by atoms with Crippen LogP contribution in [-0.4, -0.2) is 25.8 Å². The molecule has 2 aliphatic rings. The second kappa shape index (κ2) is 7.84. The third-order valence-corrected chi connectivity index (χ3v) is 6.39. The molecule has 0 fully saturated rings. The molecule has 0 unspecified atom stereocenters. The molecule has 31 heavy (non-hydrogen) atoms. The molecule has 1 amide bonds.